The van der Waals surface area contributed by atoms with Gasteiger partial charge in [0, 0.05) is 6.54 Å². The lowest BCUT2D eigenvalue weighted by molar-refractivity contribution is -0.149. The number of nitrogens with zero attached hydrogens (tertiary/aromatic N) is 1. The van der Waals surface area contributed by atoms with E-state index in [2.05, 4.69) is 5.32 Å². The summed E-state index contributed by atoms with van der Waals surface area (Å²) in [6.45, 7) is 4.68. The molecule has 0 bridgehead atoms. The van der Waals surface area contributed by atoms with Gasteiger partial charge in [0.05, 0.1) is 0 Å². The predicted molar refractivity (Wildman–Crippen MR) is 60.7 cm³/mol. The van der Waals surface area contributed by atoms with Crippen LogP contribution in [0.25, 0.3) is 0 Å². The second-order valence-electron chi connectivity index (χ2n) is 4.83. The third-order valence-electron chi connectivity index (χ3n) is 3.52. The van der Waals surface area contributed by atoms with Gasteiger partial charge in [0.2, 0.25) is 11.8 Å². The van der Waals surface area contributed by atoms with E-state index in [4.69, 9.17) is 0 Å². The van der Waals surface area contributed by atoms with Crippen LogP contribution in [0.2, 0.25) is 0 Å². The molecule has 1 N–H and O–H groups in total. The number of carbonyl (C=O) groups is 2. The summed E-state index contributed by atoms with van der Waals surface area (Å²) in [7, 11) is 0. The number of nitrogens with one attached hydrogen (secondary N) is 1. The second-order valence-corrected chi connectivity index (χ2v) is 4.83. The fraction of sp³-hybridized carbons (Fsp3) is 0.833. The predicted octanol–water partition coefficient (Wildman–Crippen LogP) is 0.912. The van der Waals surface area contributed by atoms with Crippen LogP contribution in [-0.4, -0.2) is 35.3 Å². The van der Waals surface area contributed by atoms with Crippen LogP contribution in [0.15, 0.2) is 0 Å². The highest BCUT2D eigenvalue weighted by molar-refractivity contribution is 5.96. The largest absolute Gasteiger partial charge is 0.343 e. The van der Waals surface area contributed by atoms with Crippen molar-refractivity contribution in [3.8, 4) is 0 Å². The highest BCUT2D eigenvalue weighted by atomic mass is 16.2. The molecule has 1 heterocycles. The summed E-state index contributed by atoms with van der Waals surface area (Å²) in [5, 5.41) is 2.81. The topological polar surface area (TPSA) is 49.4 Å². The molecule has 2 aliphatic rings. The molecule has 1 saturated heterocycles. The fourth-order valence-electron chi connectivity index (χ4n) is 2.30. The van der Waals surface area contributed by atoms with Gasteiger partial charge in [-0.15, -0.1) is 0 Å². The van der Waals surface area contributed by atoms with Crippen molar-refractivity contribution in [2.75, 3.05) is 6.54 Å². The Morgan fingerprint density at radius 3 is 2.44 bits per heavy atom. The molecule has 2 rings (SSSR count). The number of rotatable bonds is 4. The lowest BCUT2D eigenvalue weighted by Crippen LogP contribution is -2.63. The number of piperazine rings is 1. The van der Waals surface area contributed by atoms with Crippen LogP contribution in [0, 0.1) is 5.92 Å². The molecule has 2 amide bonds. The first-order chi connectivity index (χ1) is 7.67. The zero-order chi connectivity index (χ0) is 11.7. The van der Waals surface area contributed by atoms with Crippen molar-refractivity contribution in [2.45, 2.75) is 51.6 Å². The van der Waals surface area contributed by atoms with Gasteiger partial charge < -0.3 is 10.2 Å². The summed E-state index contributed by atoms with van der Waals surface area (Å²) in [6, 6.07) is -0.537. The number of hydrogen-bond acceptors (Lipinski definition) is 2. The highest BCUT2D eigenvalue weighted by Crippen LogP contribution is 2.31. The second kappa shape index (κ2) is 4.44. The Labute approximate surface area is 96.4 Å². The maximum absolute atomic E-state index is 12.1. The Bertz CT molecular complexity index is 299. The van der Waals surface area contributed by atoms with Crippen LogP contribution < -0.4 is 5.32 Å². The van der Waals surface area contributed by atoms with Gasteiger partial charge in [-0.25, -0.2) is 0 Å². The van der Waals surface area contributed by atoms with Crippen molar-refractivity contribution >= 4 is 11.8 Å². The van der Waals surface area contributed by atoms with Gasteiger partial charge in [0.1, 0.15) is 12.1 Å². The molecule has 16 heavy (non-hydrogen) atoms. The van der Waals surface area contributed by atoms with E-state index in [1.807, 2.05) is 18.7 Å². The minimum Gasteiger partial charge on any atom is -0.343 e. The van der Waals surface area contributed by atoms with Gasteiger partial charge in [-0.2, -0.15) is 0 Å². The van der Waals surface area contributed by atoms with Crippen molar-refractivity contribution < 1.29 is 9.59 Å². The Kier molecular flexibility index (Phi) is 3.17. The number of carbonyl (C=O) groups excluding carboxylic acids is 2. The first-order valence-electron chi connectivity index (χ1n) is 6.28. The summed E-state index contributed by atoms with van der Waals surface area (Å²) >= 11 is 0. The molecule has 1 aliphatic heterocycles. The summed E-state index contributed by atoms with van der Waals surface area (Å²) in [5.41, 5.74) is 0. The third kappa shape index (κ3) is 2.06. The molecule has 2 atom stereocenters. The quantitative estimate of drug-likeness (QED) is 0.771. The molecule has 0 aromatic heterocycles. The molecule has 0 spiro atoms. The minimum absolute atomic E-state index is 0.0228. The molecular formula is C12H20N2O2. The van der Waals surface area contributed by atoms with Crippen LogP contribution >= 0.6 is 0 Å². The van der Waals surface area contributed by atoms with Gasteiger partial charge in [0.25, 0.3) is 0 Å². The average Bonchev–Trinajstić information content (AvgIpc) is 3.07. The summed E-state index contributed by atoms with van der Waals surface area (Å²) in [6.07, 6.45) is 3.81. The molecule has 2 fully saturated rings. The van der Waals surface area contributed by atoms with E-state index in [-0.39, 0.29) is 23.9 Å². The molecular weight excluding hydrogens is 204 g/mol. The Hall–Kier alpha value is -1.06. The van der Waals surface area contributed by atoms with E-state index in [0.717, 1.165) is 6.54 Å². The SMILES string of the molecule is CCC1NC(=O)C(CC)N(CC2CC2)C1=O. The lowest BCUT2D eigenvalue weighted by atomic mass is 10.0. The van der Waals surface area contributed by atoms with Gasteiger partial charge in [-0.1, -0.05) is 13.8 Å². The zero-order valence-electron chi connectivity index (χ0n) is 10.0. The van der Waals surface area contributed by atoms with E-state index < -0.39 is 0 Å². The molecule has 90 valence electrons. The first-order valence-corrected chi connectivity index (χ1v) is 6.28. The zero-order valence-corrected chi connectivity index (χ0v) is 10.0. The van der Waals surface area contributed by atoms with Crippen LogP contribution in [0.1, 0.15) is 39.5 Å². The summed E-state index contributed by atoms with van der Waals surface area (Å²) in [5.74, 6) is 0.775. The maximum atomic E-state index is 12.1. The van der Waals surface area contributed by atoms with Crippen LogP contribution in [0.5, 0.6) is 0 Å². The van der Waals surface area contributed by atoms with Crippen molar-refractivity contribution in [3.63, 3.8) is 0 Å². The molecule has 1 aliphatic carbocycles. The number of hydrogen-bond donors (Lipinski definition) is 1. The molecule has 4 heteroatoms. The van der Waals surface area contributed by atoms with Crippen LogP contribution in [0.3, 0.4) is 0 Å². The fourth-order valence-corrected chi connectivity index (χ4v) is 2.30. The minimum atomic E-state index is -0.297. The van der Waals surface area contributed by atoms with Crippen LogP contribution in [0.4, 0.5) is 0 Å². The van der Waals surface area contributed by atoms with Crippen molar-refractivity contribution in [1.29, 1.82) is 0 Å². The van der Waals surface area contributed by atoms with Gasteiger partial charge in [-0.05, 0) is 31.6 Å². The summed E-state index contributed by atoms with van der Waals surface area (Å²) < 4.78 is 0. The van der Waals surface area contributed by atoms with Crippen molar-refractivity contribution in [3.05, 3.63) is 0 Å². The Morgan fingerprint density at radius 2 is 1.94 bits per heavy atom. The standard InChI is InChI=1S/C12H20N2O2/c1-3-9-12(16)14(7-8-5-6-8)10(4-2)11(15)13-9/h8-10H,3-7H2,1-2H3,(H,13,15). The highest BCUT2D eigenvalue weighted by Gasteiger charge is 2.40. The molecule has 0 radical (unpaired) electrons. The lowest BCUT2D eigenvalue weighted by Gasteiger charge is -2.38. The monoisotopic (exact) mass is 224 g/mol. The Balaban J connectivity index is 2.11. The van der Waals surface area contributed by atoms with Gasteiger partial charge >= 0.3 is 0 Å². The summed E-state index contributed by atoms with van der Waals surface area (Å²) in [4.78, 5) is 25.8. The maximum Gasteiger partial charge on any atom is 0.245 e. The molecule has 0 aromatic carbocycles. The van der Waals surface area contributed by atoms with Crippen molar-refractivity contribution in [2.24, 2.45) is 5.92 Å². The number of amides is 2. The van der Waals surface area contributed by atoms with Gasteiger partial charge in [0.15, 0.2) is 0 Å². The molecule has 2 unspecified atom stereocenters. The van der Waals surface area contributed by atoms with Gasteiger partial charge in [-0.3, -0.25) is 9.59 Å². The van der Waals surface area contributed by atoms with E-state index >= 15 is 0 Å². The first kappa shape index (κ1) is 11.4. The average molecular weight is 224 g/mol. The van der Waals surface area contributed by atoms with Crippen LogP contribution in [-0.2, 0) is 9.59 Å². The smallest absolute Gasteiger partial charge is 0.245 e. The molecule has 1 saturated carbocycles. The Morgan fingerprint density at radius 1 is 1.25 bits per heavy atom. The van der Waals surface area contributed by atoms with E-state index in [0.29, 0.717) is 18.8 Å². The normalized spacial score (nSPS) is 30.5. The van der Waals surface area contributed by atoms with E-state index in [9.17, 15) is 9.59 Å². The van der Waals surface area contributed by atoms with Crippen molar-refractivity contribution in [1.82, 2.24) is 10.2 Å². The molecule has 4 nitrogen and oxygen atoms in total. The third-order valence-corrected chi connectivity index (χ3v) is 3.52. The molecule has 0 aromatic rings. The van der Waals surface area contributed by atoms with E-state index in [1.165, 1.54) is 12.8 Å². The van der Waals surface area contributed by atoms with E-state index in [1.54, 1.807) is 0 Å².